The van der Waals surface area contributed by atoms with Crippen molar-refractivity contribution < 1.29 is 27.5 Å². The molecule has 1 heterocycles. The molecule has 0 aliphatic carbocycles. The zero-order chi connectivity index (χ0) is 17.6. The van der Waals surface area contributed by atoms with Gasteiger partial charge in [-0.25, -0.2) is 4.79 Å². The molecule has 0 saturated heterocycles. The molecule has 0 fully saturated rings. The molecule has 0 atom stereocenters. The highest BCUT2D eigenvalue weighted by atomic mass is 32.2. The number of Topliss-reactive ketones (excluding diaryl/α,β-unsaturated/α-hetero) is 1. The van der Waals surface area contributed by atoms with Crippen LogP contribution in [0, 0.1) is 12.3 Å². The van der Waals surface area contributed by atoms with Crippen LogP contribution in [0.5, 0.6) is 0 Å². The minimum atomic E-state index is -4.82. The summed E-state index contributed by atoms with van der Waals surface area (Å²) < 4.78 is 45.6. The number of hydrogen-bond donors (Lipinski definition) is 0. The molecule has 2 rings (SSSR count). The van der Waals surface area contributed by atoms with Crippen LogP contribution < -0.4 is 0 Å². The first-order valence-electron chi connectivity index (χ1n) is 7.10. The lowest BCUT2D eigenvalue weighted by molar-refractivity contribution is -0.138. The van der Waals surface area contributed by atoms with Crippen LogP contribution >= 0.6 is 11.8 Å². The Morgan fingerprint density at radius 2 is 2.00 bits per heavy atom. The van der Waals surface area contributed by atoms with Gasteiger partial charge >= 0.3 is 12.1 Å². The second-order valence-corrected chi connectivity index (χ2v) is 7.03. The minimum absolute atomic E-state index is 0.0412. The quantitative estimate of drug-likeness (QED) is 0.739. The summed E-state index contributed by atoms with van der Waals surface area (Å²) in [5.74, 6) is -1.25. The van der Waals surface area contributed by atoms with Crippen LogP contribution in [0.4, 0.5) is 13.2 Å². The Kier molecular flexibility index (Phi) is 4.54. The number of benzene rings is 1. The number of carbonyl (C=O) groups excluding carboxylic acids is 2. The van der Waals surface area contributed by atoms with Gasteiger partial charge in [0.25, 0.3) is 0 Å². The summed E-state index contributed by atoms with van der Waals surface area (Å²) in [5, 5.41) is 0. The van der Waals surface area contributed by atoms with Crippen molar-refractivity contribution >= 4 is 23.5 Å². The van der Waals surface area contributed by atoms with Gasteiger partial charge < -0.3 is 4.74 Å². The zero-order valence-electron chi connectivity index (χ0n) is 13.3. The fourth-order valence-electron chi connectivity index (χ4n) is 2.52. The van der Waals surface area contributed by atoms with Gasteiger partial charge in [-0.1, -0.05) is 13.8 Å². The summed E-state index contributed by atoms with van der Waals surface area (Å²) in [4.78, 5) is 24.9. The molecule has 1 aromatic rings. The third kappa shape index (κ3) is 3.11. The molecule has 0 amide bonds. The van der Waals surface area contributed by atoms with Crippen molar-refractivity contribution in [1.82, 2.24) is 0 Å². The van der Waals surface area contributed by atoms with Gasteiger partial charge in [0.1, 0.15) is 0 Å². The highest BCUT2D eigenvalue weighted by Gasteiger charge is 2.46. The topological polar surface area (TPSA) is 43.4 Å². The third-order valence-corrected chi connectivity index (χ3v) is 5.34. The van der Waals surface area contributed by atoms with Gasteiger partial charge in [-0.15, -0.1) is 11.8 Å². The van der Waals surface area contributed by atoms with E-state index in [-0.39, 0.29) is 6.61 Å². The van der Waals surface area contributed by atoms with Crippen molar-refractivity contribution in [3.05, 3.63) is 28.3 Å². The molecule has 1 aromatic carbocycles. The lowest BCUT2D eigenvalue weighted by Crippen LogP contribution is -2.34. The molecule has 7 heteroatoms. The third-order valence-electron chi connectivity index (χ3n) is 3.66. The molecular formula is C16H17F3O3S. The Morgan fingerprint density at radius 3 is 2.52 bits per heavy atom. The van der Waals surface area contributed by atoms with E-state index in [1.54, 1.807) is 20.8 Å². The number of hydrogen-bond acceptors (Lipinski definition) is 4. The molecule has 0 spiro atoms. The number of esters is 1. The molecule has 0 bridgehead atoms. The number of ketones is 1. The van der Waals surface area contributed by atoms with Crippen LogP contribution in [-0.4, -0.2) is 24.1 Å². The molecule has 1 aliphatic heterocycles. The molecule has 0 aromatic heterocycles. The van der Waals surface area contributed by atoms with Gasteiger partial charge in [-0.2, -0.15) is 13.2 Å². The summed E-state index contributed by atoms with van der Waals surface area (Å²) >= 11 is 1.22. The van der Waals surface area contributed by atoms with E-state index in [0.717, 1.165) is 6.07 Å². The van der Waals surface area contributed by atoms with Crippen molar-refractivity contribution in [3.8, 4) is 0 Å². The molecule has 3 nitrogen and oxygen atoms in total. The summed E-state index contributed by atoms with van der Waals surface area (Å²) in [6, 6.07) is 1.16. The molecule has 0 unspecified atom stereocenters. The van der Waals surface area contributed by atoms with Crippen LogP contribution in [0.25, 0.3) is 0 Å². The Bertz CT molecular complexity index is 678. The van der Waals surface area contributed by atoms with Gasteiger partial charge in [0.05, 0.1) is 17.7 Å². The Hall–Kier alpha value is -1.50. The summed E-state index contributed by atoms with van der Waals surface area (Å²) in [6.07, 6.45) is -4.82. The maximum absolute atomic E-state index is 13.6. The molecule has 1 aliphatic rings. The molecule has 126 valence electrons. The fraction of sp³-hybridized carbons (Fsp3) is 0.500. The van der Waals surface area contributed by atoms with Gasteiger partial charge in [-0.3, -0.25) is 4.79 Å². The number of ether oxygens (including phenoxy) is 1. The number of aryl methyl sites for hydroxylation is 1. The average Bonchev–Trinajstić information content (AvgIpc) is 2.41. The lowest BCUT2D eigenvalue weighted by atomic mass is 9.82. The SMILES string of the molecule is CCOC(=O)c1cc(C)c2c(c1C(F)(F)F)C(=O)C(C)(C)CS2. The number of halogens is 3. The van der Waals surface area contributed by atoms with Crippen LogP contribution in [0.2, 0.25) is 0 Å². The number of fused-ring (bicyclic) bond motifs is 1. The van der Waals surface area contributed by atoms with Crippen molar-refractivity contribution in [2.75, 3.05) is 12.4 Å². The molecule has 0 radical (unpaired) electrons. The first kappa shape index (κ1) is 17.8. The molecule has 0 N–H and O–H groups in total. The van der Waals surface area contributed by atoms with Gasteiger partial charge in [0.2, 0.25) is 0 Å². The Balaban J connectivity index is 2.83. The highest BCUT2D eigenvalue weighted by Crippen LogP contribution is 2.47. The van der Waals surface area contributed by atoms with E-state index < -0.39 is 40.0 Å². The first-order valence-corrected chi connectivity index (χ1v) is 8.08. The van der Waals surface area contributed by atoms with Gasteiger partial charge in [0, 0.05) is 21.6 Å². The number of thioether (sulfide) groups is 1. The van der Waals surface area contributed by atoms with E-state index in [0.29, 0.717) is 16.2 Å². The predicted molar refractivity (Wildman–Crippen MR) is 81.0 cm³/mol. The number of alkyl halides is 3. The van der Waals surface area contributed by atoms with Crippen LogP contribution in [0.3, 0.4) is 0 Å². The van der Waals surface area contributed by atoms with E-state index in [9.17, 15) is 22.8 Å². The van der Waals surface area contributed by atoms with Crippen molar-refractivity contribution in [1.29, 1.82) is 0 Å². The van der Waals surface area contributed by atoms with Crippen molar-refractivity contribution in [2.45, 2.75) is 38.8 Å². The van der Waals surface area contributed by atoms with E-state index in [1.807, 2.05) is 0 Å². The lowest BCUT2D eigenvalue weighted by Gasteiger charge is -2.32. The molecule has 23 heavy (non-hydrogen) atoms. The molecular weight excluding hydrogens is 329 g/mol. The first-order chi connectivity index (χ1) is 10.5. The monoisotopic (exact) mass is 346 g/mol. The number of carbonyl (C=O) groups is 2. The molecule has 0 saturated carbocycles. The minimum Gasteiger partial charge on any atom is -0.462 e. The Labute approximate surface area is 136 Å². The van der Waals surface area contributed by atoms with Crippen molar-refractivity contribution in [2.24, 2.45) is 5.41 Å². The van der Waals surface area contributed by atoms with Crippen LogP contribution in [0.1, 0.15) is 52.6 Å². The predicted octanol–water partition coefficient (Wildman–Crippen LogP) is 4.51. The van der Waals surface area contributed by atoms with Gasteiger partial charge in [0.15, 0.2) is 5.78 Å². The number of rotatable bonds is 2. The normalized spacial score (nSPS) is 16.9. The highest BCUT2D eigenvalue weighted by molar-refractivity contribution is 7.99. The summed E-state index contributed by atoms with van der Waals surface area (Å²) in [7, 11) is 0. The fourth-order valence-corrected chi connectivity index (χ4v) is 3.79. The van der Waals surface area contributed by atoms with Crippen molar-refractivity contribution in [3.63, 3.8) is 0 Å². The maximum atomic E-state index is 13.6. The standard InChI is InChI=1S/C16H17F3O3S/c1-5-22-14(21)9-6-8(2)12-10(11(9)16(17,18)19)13(20)15(3,4)7-23-12/h6H,5,7H2,1-4H3. The van der Waals surface area contributed by atoms with Crippen LogP contribution in [0.15, 0.2) is 11.0 Å². The van der Waals surface area contributed by atoms with Crippen LogP contribution in [-0.2, 0) is 10.9 Å². The van der Waals surface area contributed by atoms with Gasteiger partial charge in [-0.05, 0) is 25.5 Å². The summed E-state index contributed by atoms with van der Waals surface area (Å²) in [6.45, 7) is 6.29. The van der Waals surface area contributed by atoms with E-state index in [1.165, 1.54) is 18.7 Å². The maximum Gasteiger partial charge on any atom is 0.417 e. The smallest absolute Gasteiger partial charge is 0.417 e. The second kappa shape index (κ2) is 5.85. The Morgan fingerprint density at radius 1 is 1.39 bits per heavy atom. The second-order valence-electron chi connectivity index (χ2n) is 6.04. The van der Waals surface area contributed by atoms with E-state index >= 15 is 0 Å². The largest absolute Gasteiger partial charge is 0.462 e. The average molecular weight is 346 g/mol. The van der Waals surface area contributed by atoms with E-state index in [2.05, 4.69) is 0 Å². The summed E-state index contributed by atoms with van der Waals surface area (Å²) in [5.41, 5.74) is -2.62. The zero-order valence-corrected chi connectivity index (χ0v) is 14.1. The van der Waals surface area contributed by atoms with E-state index in [4.69, 9.17) is 4.74 Å².